The maximum absolute atomic E-state index is 9.64. The third-order valence-electron chi connectivity index (χ3n) is 2.71. The highest BCUT2D eigenvalue weighted by molar-refractivity contribution is 8.00. The van der Waals surface area contributed by atoms with E-state index in [4.69, 9.17) is 0 Å². The fourth-order valence-corrected chi connectivity index (χ4v) is 3.08. The number of hydrogen-bond donors (Lipinski definition) is 1. The first kappa shape index (κ1) is 9.40. The Morgan fingerprint density at radius 3 is 2.55 bits per heavy atom. The molecule has 2 heteroatoms. The second-order valence-corrected chi connectivity index (χ2v) is 5.22. The number of rotatable bonds is 1. The standard InChI is InChI=1S/C9H18OS/c1-4-8-5-9(10)6(2)7(3)11-8/h6-10H,4-5H2,1-3H3/t6-,7-,8+,9-/m0/s1. The van der Waals surface area contributed by atoms with Crippen LogP contribution in [0.4, 0.5) is 0 Å². The molecule has 0 bridgehead atoms. The Labute approximate surface area is 73.6 Å². The summed E-state index contributed by atoms with van der Waals surface area (Å²) in [5.74, 6) is 0.475. The van der Waals surface area contributed by atoms with Gasteiger partial charge < -0.3 is 5.11 Å². The van der Waals surface area contributed by atoms with Crippen LogP contribution in [0, 0.1) is 5.92 Å². The average molecular weight is 174 g/mol. The van der Waals surface area contributed by atoms with Crippen LogP contribution in [-0.2, 0) is 0 Å². The smallest absolute Gasteiger partial charge is 0.0586 e. The van der Waals surface area contributed by atoms with Crippen LogP contribution >= 0.6 is 11.8 Å². The summed E-state index contributed by atoms with van der Waals surface area (Å²) in [6.07, 6.45) is 2.13. The molecule has 0 unspecified atom stereocenters. The molecule has 0 spiro atoms. The lowest BCUT2D eigenvalue weighted by Gasteiger charge is -2.35. The normalized spacial score (nSPS) is 45.8. The zero-order valence-corrected chi connectivity index (χ0v) is 8.40. The van der Waals surface area contributed by atoms with Gasteiger partial charge in [0.05, 0.1) is 6.10 Å². The molecule has 1 N–H and O–H groups in total. The van der Waals surface area contributed by atoms with Crippen molar-refractivity contribution in [2.75, 3.05) is 0 Å². The molecule has 1 fully saturated rings. The van der Waals surface area contributed by atoms with E-state index in [9.17, 15) is 5.11 Å². The Morgan fingerprint density at radius 1 is 1.45 bits per heavy atom. The Kier molecular flexibility index (Phi) is 3.26. The zero-order chi connectivity index (χ0) is 8.43. The number of thioether (sulfide) groups is 1. The van der Waals surface area contributed by atoms with Gasteiger partial charge in [0, 0.05) is 10.5 Å². The van der Waals surface area contributed by atoms with Crippen molar-refractivity contribution in [3.63, 3.8) is 0 Å². The SMILES string of the molecule is CC[C@@H]1C[C@H](O)[C@@H](C)[C@H](C)S1. The van der Waals surface area contributed by atoms with Crippen molar-refractivity contribution < 1.29 is 5.11 Å². The van der Waals surface area contributed by atoms with E-state index in [1.807, 2.05) is 11.8 Å². The second kappa shape index (κ2) is 3.81. The minimum absolute atomic E-state index is 0.0591. The highest BCUT2D eigenvalue weighted by atomic mass is 32.2. The minimum atomic E-state index is -0.0591. The van der Waals surface area contributed by atoms with Gasteiger partial charge in [-0.3, -0.25) is 0 Å². The van der Waals surface area contributed by atoms with Gasteiger partial charge in [0.2, 0.25) is 0 Å². The van der Waals surface area contributed by atoms with Crippen LogP contribution in [0.2, 0.25) is 0 Å². The molecule has 1 saturated heterocycles. The Morgan fingerprint density at radius 2 is 2.09 bits per heavy atom. The Hall–Kier alpha value is 0.310. The van der Waals surface area contributed by atoms with E-state index >= 15 is 0 Å². The molecule has 1 aliphatic rings. The van der Waals surface area contributed by atoms with E-state index in [2.05, 4.69) is 20.8 Å². The van der Waals surface area contributed by atoms with Crippen LogP contribution in [0.3, 0.4) is 0 Å². The topological polar surface area (TPSA) is 20.2 Å². The molecular weight excluding hydrogens is 156 g/mol. The van der Waals surface area contributed by atoms with Crippen LogP contribution in [0.25, 0.3) is 0 Å². The van der Waals surface area contributed by atoms with Crippen LogP contribution in [0.5, 0.6) is 0 Å². The van der Waals surface area contributed by atoms with Gasteiger partial charge in [0.1, 0.15) is 0 Å². The van der Waals surface area contributed by atoms with Gasteiger partial charge >= 0.3 is 0 Å². The van der Waals surface area contributed by atoms with Crippen LogP contribution in [0.1, 0.15) is 33.6 Å². The summed E-state index contributed by atoms with van der Waals surface area (Å²) in [5, 5.41) is 11.0. The Bertz CT molecular complexity index is 115. The number of aliphatic hydroxyl groups is 1. The molecule has 0 aromatic carbocycles. The molecule has 11 heavy (non-hydrogen) atoms. The lowest BCUT2D eigenvalue weighted by atomic mass is 9.96. The summed E-state index contributed by atoms with van der Waals surface area (Å²) in [4.78, 5) is 0. The highest BCUT2D eigenvalue weighted by Crippen LogP contribution is 2.36. The van der Waals surface area contributed by atoms with E-state index in [0.29, 0.717) is 16.4 Å². The lowest BCUT2D eigenvalue weighted by Crippen LogP contribution is -2.34. The van der Waals surface area contributed by atoms with Crippen molar-refractivity contribution in [2.45, 2.75) is 50.2 Å². The van der Waals surface area contributed by atoms with Gasteiger partial charge in [0.15, 0.2) is 0 Å². The van der Waals surface area contributed by atoms with E-state index in [0.717, 1.165) is 6.42 Å². The molecule has 1 rings (SSSR count). The van der Waals surface area contributed by atoms with Gasteiger partial charge in [-0.15, -0.1) is 0 Å². The lowest BCUT2D eigenvalue weighted by molar-refractivity contribution is 0.101. The first-order chi connectivity index (χ1) is 5.15. The second-order valence-electron chi connectivity index (χ2n) is 3.53. The van der Waals surface area contributed by atoms with Gasteiger partial charge in [-0.2, -0.15) is 11.8 Å². The summed E-state index contributed by atoms with van der Waals surface area (Å²) in [6, 6.07) is 0. The predicted molar refractivity (Wildman–Crippen MR) is 50.9 cm³/mol. The van der Waals surface area contributed by atoms with Crippen molar-refractivity contribution in [3.8, 4) is 0 Å². The molecule has 66 valence electrons. The first-order valence-corrected chi connectivity index (χ1v) is 5.43. The van der Waals surface area contributed by atoms with E-state index in [-0.39, 0.29) is 6.10 Å². The number of aliphatic hydroxyl groups excluding tert-OH is 1. The van der Waals surface area contributed by atoms with Crippen molar-refractivity contribution in [2.24, 2.45) is 5.92 Å². The molecule has 0 saturated carbocycles. The number of hydrogen-bond acceptors (Lipinski definition) is 2. The zero-order valence-electron chi connectivity index (χ0n) is 7.58. The Balaban J connectivity index is 2.47. The minimum Gasteiger partial charge on any atom is -0.393 e. The molecule has 1 heterocycles. The van der Waals surface area contributed by atoms with Gasteiger partial charge in [0.25, 0.3) is 0 Å². The van der Waals surface area contributed by atoms with E-state index in [1.54, 1.807) is 0 Å². The summed E-state index contributed by atoms with van der Waals surface area (Å²) in [5.41, 5.74) is 0. The molecule has 4 atom stereocenters. The molecule has 1 aliphatic heterocycles. The molecule has 0 amide bonds. The summed E-state index contributed by atoms with van der Waals surface area (Å²) < 4.78 is 0. The third-order valence-corrected chi connectivity index (χ3v) is 4.48. The molecule has 0 aromatic heterocycles. The van der Waals surface area contributed by atoms with Crippen LogP contribution < -0.4 is 0 Å². The van der Waals surface area contributed by atoms with Gasteiger partial charge in [-0.25, -0.2) is 0 Å². The van der Waals surface area contributed by atoms with E-state index in [1.165, 1.54) is 6.42 Å². The molecule has 0 aliphatic carbocycles. The monoisotopic (exact) mass is 174 g/mol. The van der Waals surface area contributed by atoms with Crippen molar-refractivity contribution in [3.05, 3.63) is 0 Å². The summed E-state index contributed by atoms with van der Waals surface area (Å²) in [7, 11) is 0. The molecule has 1 nitrogen and oxygen atoms in total. The van der Waals surface area contributed by atoms with Crippen molar-refractivity contribution in [1.29, 1.82) is 0 Å². The van der Waals surface area contributed by atoms with Crippen molar-refractivity contribution >= 4 is 11.8 Å². The largest absolute Gasteiger partial charge is 0.393 e. The molecular formula is C9H18OS. The fraction of sp³-hybridized carbons (Fsp3) is 1.00. The summed E-state index contributed by atoms with van der Waals surface area (Å²) >= 11 is 2.04. The van der Waals surface area contributed by atoms with Gasteiger partial charge in [-0.05, 0) is 18.8 Å². The quantitative estimate of drug-likeness (QED) is 0.658. The van der Waals surface area contributed by atoms with Crippen LogP contribution in [-0.4, -0.2) is 21.7 Å². The maximum Gasteiger partial charge on any atom is 0.0586 e. The third kappa shape index (κ3) is 2.12. The van der Waals surface area contributed by atoms with Crippen molar-refractivity contribution in [1.82, 2.24) is 0 Å². The molecule has 0 aromatic rings. The fourth-order valence-electron chi connectivity index (χ4n) is 1.54. The summed E-state index contributed by atoms with van der Waals surface area (Å²) in [6.45, 7) is 6.57. The maximum atomic E-state index is 9.64. The van der Waals surface area contributed by atoms with Gasteiger partial charge in [-0.1, -0.05) is 20.8 Å². The van der Waals surface area contributed by atoms with E-state index < -0.39 is 0 Å². The van der Waals surface area contributed by atoms with Crippen LogP contribution in [0.15, 0.2) is 0 Å². The average Bonchev–Trinajstić information content (AvgIpc) is 1.99. The highest BCUT2D eigenvalue weighted by Gasteiger charge is 2.30. The first-order valence-electron chi connectivity index (χ1n) is 4.48. The predicted octanol–water partition coefficient (Wildman–Crippen LogP) is 2.29. The molecule has 0 radical (unpaired) electrons.